The largest absolute Gasteiger partial charge is 0.398 e. The van der Waals surface area contributed by atoms with Crippen LogP contribution in [0.4, 0.5) is 5.69 Å². The third-order valence-electron chi connectivity index (χ3n) is 8.29. The number of aryl methyl sites for hydroxylation is 1. The molecule has 1 aromatic heterocycles. The number of nitrogens with zero attached hydrogens (tertiary/aromatic N) is 3. The van der Waals surface area contributed by atoms with Gasteiger partial charge in [0, 0.05) is 41.0 Å². The van der Waals surface area contributed by atoms with Crippen LogP contribution in [0.1, 0.15) is 73.0 Å². The van der Waals surface area contributed by atoms with Crippen LogP contribution in [0.2, 0.25) is 0 Å². The summed E-state index contributed by atoms with van der Waals surface area (Å²) in [6.45, 7) is 8.93. The zero-order valence-electron chi connectivity index (χ0n) is 22.8. The van der Waals surface area contributed by atoms with E-state index < -0.39 is 5.91 Å². The number of hydrogen-bond acceptors (Lipinski definition) is 5. The lowest BCUT2D eigenvalue weighted by molar-refractivity contribution is 0.100. The molecule has 0 spiro atoms. The minimum absolute atomic E-state index is 0.424. The standard InChI is InChI=1S/C31H42N6O/c1-21(2)37-20-24(19-35-37)27-17-30(27)34-18-23-11-14-36(15-12-23)13-5-6-22-9-10-26(31(33)38)28(16-22)25-7-3-4-8-29(25)32/h3-4,7-10,16,19-21,23,27,30,34H,5-6,11-15,17-18,32H2,1-2H3,(H2,33,38). The first kappa shape index (κ1) is 26.4. The van der Waals surface area contributed by atoms with Crippen LogP contribution in [0.5, 0.6) is 0 Å². The molecule has 2 fully saturated rings. The molecule has 5 rings (SSSR count). The first-order valence-electron chi connectivity index (χ1n) is 14.2. The van der Waals surface area contributed by atoms with Gasteiger partial charge in [-0.3, -0.25) is 9.48 Å². The van der Waals surface area contributed by atoms with Gasteiger partial charge in [0.2, 0.25) is 5.91 Å². The topological polar surface area (TPSA) is 102 Å². The fourth-order valence-corrected chi connectivity index (χ4v) is 5.78. The van der Waals surface area contributed by atoms with Crippen molar-refractivity contribution in [2.24, 2.45) is 11.7 Å². The van der Waals surface area contributed by atoms with Crippen LogP contribution in [0.25, 0.3) is 11.1 Å². The number of likely N-dealkylation sites (tertiary alicyclic amines) is 1. The summed E-state index contributed by atoms with van der Waals surface area (Å²) in [7, 11) is 0. The SMILES string of the molecule is CC(C)n1cc(C2CC2NCC2CCN(CCCc3ccc(C(N)=O)c(-c4ccccc4N)c3)CC2)cn1. The predicted molar refractivity (Wildman–Crippen MR) is 154 cm³/mol. The molecule has 0 radical (unpaired) electrons. The summed E-state index contributed by atoms with van der Waals surface area (Å²) in [5.74, 6) is 0.983. The molecule has 1 aliphatic heterocycles. The summed E-state index contributed by atoms with van der Waals surface area (Å²) in [6.07, 6.45) is 10.1. The second kappa shape index (κ2) is 11.7. The van der Waals surface area contributed by atoms with E-state index in [2.05, 4.69) is 52.3 Å². The molecule has 2 aromatic carbocycles. The molecule has 2 atom stereocenters. The molecule has 0 bridgehead atoms. The number of nitrogens with two attached hydrogens (primary N) is 2. The number of para-hydroxylation sites is 1. The smallest absolute Gasteiger partial charge is 0.249 e. The van der Waals surface area contributed by atoms with Crippen molar-refractivity contribution in [3.63, 3.8) is 0 Å². The zero-order valence-corrected chi connectivity index (χ0v) is 22.8. The van der Waals surface area contributed by atoms with Crippen LogP contribution in [-0.4, -0.2) is 52.8 Å². The Morgan fingerprint density at radius 1 is 1.13 bits per heavy atom. The number of benzene rings is 2. The van der Waals surface area contributed by atoms with E-state index in [0.717, 1.165) is 43.0 Å². The van der Waals surface area contributed by atoms with Gasteiger partial charge in [-0.25, -0.2) is 0 Å². The van der Waals surface area contributed by atoms with Crippen LogP contribution >= 0.6 is 0 Å². The van der Waals surface area contributed by atoms with Crippen molar-refractivity contribution >= 4 is 11.6 Å². The summed E-state index contributed by atoms with van der Waals surface area (Å²) < 4.78 is 2.06. The van der Waals surface area contributed by atoms with Gasteiger partial charge in [-0.2, -0.15) is 5.10 Å². The first-order chi connectivity index (χ1) is 18.4. The number of rotatable bonds is 11. The lowest BCUT2D eigenvalue weighted by atomic mass is 9.94. The van der Waals surface area contributed by atoms with E-state index >= 15 is 0 Å². The lowest BCUT2D eigenvalue weighted by Crippen LogP contribution is -2.38. The molecule has 2 aliphatic rings. The minimum Gasteiger partial charge on any atom is -0.398 e. The number of aromatic nitrogens is 2. The van der Waals surface area contributed by atoms with Gasteiger partial charge in [0.15, 0.2) is 0 Å². The van der Waals surface area contributed by atoms with Gasteiger partial charge in [0.1, 0.15) is 0 Å². The van der Waals surface area contributed by atoms with Gasteiger partial charge >= 0.3 is 0 Å². The van der Waals surface area contributed by atoms with Crippen molar-refractivity contribution in [3.05, 3.63) is 71.5 Å². The third kappa shape index (κ3) is 6.27. The maximum Gasteiger partial charge on any atom is 0.249 e. The highest BCUT2D eigenvalue weighted by molar-refractivity contribution is 6.01. The number of anilines is 1. The van der Waals surface area contributed by atoms with Gasteiger partial charge in [0.05, 0.1) is 6.20 Å². The van der Waals surface area contributed by atoms with E-state index in [9.17, 15) is 4.79 Å². The molecule has 1 aliphatic carbocycles. The number of amides is 1. The van der Waals surface area contributed by atoms with E-state index in [0.29, 0.717) is 29.3 Å². The van der Waals surface area contributed by atoms with Gasteiger partial charge < -0.3 is 21.7 Å². The number of nitrogen functional groups attached to an aromatic ring is 1. The third-order valence-corrected chi connectivity index (χ3v) is 8.29. The lowest BCUT2D eigenvalue weighted by Gasteiger charge is -2.32. The van der Waals surface area contributed by atoms with Gasteiger partial charge in [-0.15, -0.1) is 0 Å². The molecule has 2 unspecified atom stereocenters. The van der Waals surface area contributed by atoms with Crippen molar-refractivity contribution in [1.29, 1.82) is 0 Å². The summed E-state index contributed by atoms with van der Waals surface area (Å²) in [5.41, 5.74) is 17.3. The molecule has 7 heteroatoms. The highest BCUT2D eigenvalue weighted by Gasteiger charge is 2.39. The Morgan fingerprint density at radius 3 is 2.63 bits per heavy atom. The Labute approximate surface area is 226 Å². The average Bonchev–Trinajstić information content (AvgIpc) is 3.51. The van der Waals surface area contributed by atoms with Crippen molar-refractivity contribution in [2.45, 2.75) is 64.0 Å². The highest BCUT2D eigenvalue weighted by Crippen LogP contribution is 2.41. The van der Waals surface area contributed by atoms with Gasteiger partial charge in [0.25, 0.3) is 0 Å². The molecule has 7 nitrogen and oxygen atoms in total. The van der Waals surface area contributed by atoms with Crippen LogP contribution in [0, 0.1) is 5.92 Å². The molecule has 1 saturated heterocycles. The summed E-state index contributed by atoms with van der Waals surface area (Å²) >= 11 is 0. The fraction of sp³-hybridized carbons (Fsp3) is 0.484. The molecule has 1 saturated carbocycles. The molecular formula is C31H42N6O. The van der Waals surface area contributed by atoms with E-state index in [-0.39, 0.29) is 0 Å². The predicted octanol–water partition coefficient (Wildman–Crippen LogP) is 4.60. The van der Waals surface area contributed by atoms with E-state index in [4.69, 9.17) is 11.5 Å². The number of nitrogens with one attached hydrogen (secondary N) is 1. The van der Waals surface area contributed by atoms with Crippen molar-refractivity contribution < 1.29 is 4.79 Å². The number of carbonyl (C=O) groups excluding carboxylic acids is 1. The van der Waals surface area contributed by atoms with Crippen molar-refractivity contribution in [1.82, 2.24) is 20.0 Å². The molecular weight excluding hydrogens is 472 g/mol. The van der Waals surface area contributed by atoms with Gasteiger partial charge in [-0.1, -0.05) is 30.3 Å². The number of carbonyl (C=O) groups is 1. The highest BCUT2D eigenvalue weighted by atomic mass is 16.1. The quantitative estimate of drug-likeness (QED) is 0.325. The normalized spacial score (nSPS) is 20.2. The van der Waals surface area contributed by atoms with Crippen molar-refractivity contribution in [3.8, 4) is 11.1 Å². The molecule has 3 aromatic rings. The van der Waals surface area contributed by atoms with Crippen LogP contribution in [-0.2, 0) is 6.42 Å². The van der Waals surface area contributed by atoms with E-state index in [1.165, 1.54) is 43.5 Å². The number of piperidine rings is 1. The second-order valence-corrected chi connectivity index (χ2v) is 11.4. The average molecular weight is 515 g/mol. The molecule has 202 valence electrons. The Morgan fingerprint density at radius 2 is 1.92 bits per heavy atom. The maximum atomic E-state index is 12.0. The summed E-state index contributed by atoms with van der Waals surface area (Å²) in [4.78, 5) is 14.6. The fourth-order valence-electron chi connectivity index (χ4n) is 5.78. The summed E-state index contributed by atoms with van der Waals surface area (Å²) in [6, 6.07) is 14.6. The molecule has 5 N–H and O–H groups in total. The molecule has 1 amide bonds. The van der Waals surface area contributed by atoms with Crippen LogP contribution in [0.15, 0.2) is 54.9 Å². The Kier molecular flexibility index (Phi) is 8.15. The van der Waals surface area contributed by atoms with Crippen LogP contribution in [0.3, 0.4) is 0 Å². The monoisotopic (exact) mass is 514 g/mol. The second-order valence-electron chi connectivity index (χ2n) is 11.4. The molecule has 38 heavy (non-hydrogen) atoms. The summed E-state index contributed by atoms with van der Waals surface area (Å²) in [5, 5.41) is 8.34. The zero-order chi connectivity index (χ0) is 26.6. The number of primary amides is 1. The Hall–Kier alpha value is -3.16. The van der Waals surface area contributed by atoms with Crippen LogP contribution < -0.4 is 16.8 Å². The number of hydrogen-bond donors (Lipinski definition) is 3. The van der Waals surface area contributed by atoms with Crippen molar-refractivity contribution in [2.75, 3.05) is 31.9 Å². The van der Waals surface area contributed by atoms with Gasteiger partial charge in [-0.05, 0) is 107 Å². The Balaban J connectivity index is 1.05. The van der Waals surface area contributed by atoms with E-state index in [1.54, 1.807) is 0 Å². The molecule has 2 heterocycles. The Bertz CT molecular complexity index is 1240. The van der Waals surface area contributed by atoms with E-state index in [1.807, 2.05) is 36.4 Å². The first-order valence-corrected chi connectivity index (χ1v) is 14.2. The minimum atomic E-state index is -0.424. The maximum absolute atomic E-state index is 12.0.